The molecule has 2 aliphatic carbocycles. The topological polar surface area (TPSA) is 49.9 Å². The Kier molecular flexibility index (Phi) is 3.05. The van der Waals surface area contributed by atoms with Crippen molar-refractivity contribution in [2.75, 3.05) is 5.73 Å². The SMILES string of the molecule is Cc1ccccc1C1=C2C=CC(=N)C=C2Cc2cc(N)ccc21. The molecule has 0 radical (unpaired) electrons. The van der Waals surface area contributed by atoms with E-state index >= 15 is 0 Å². The molecule has 0 aromatic heterocycles. The highest BCUT2D eigenvalue weighted by atomic mass is 14.5. The summed E-state index contributed by atoms with van der Waals surface area (Å²) in [6, 6.07) is 14.6. The van der Waals surface area contributed by atoms with Crippen LogP contribution in [0.2, 0.25) is 0 Å². The van der Waals surface area contributed by atoms with Gasteiger partial charge < -0.3 is 11.1 Å². The molecule has 112 valence electrons. The molecule has 0 atom stereocenters. The summed E-state index contributed by atoms with van der Waals surface area (Å²) in [7, 11) is 0. The molecule has 2 aromatic rings. The number of hydrogen-bond donors (Lipinski definition) is 2. The maximum atomic E-state index is 7.94. The van der Waals surface area contributed by atoms with Crippen molar-refractivity contribution < 1.29 is 0 Å². The van der Waals surface area contributed by atoms with Crippen LogP contribution in [0.3, 0.4) is 0 Å². The van der Waals surface area contributed by atoms with E-state index in [1.54, 1.807) is 0 Å². The van der Waals surface area contributed by atoms with Crippen molar-refractivity contribution in [1.29, 1.82) is 5.41 Å². The number of nitrogens with two attached hydrogens (primary N) is 1. The maximum Gasteiger partial charge on any atom is 0.0543 e. The fraction of sp³-hybridized carbons (Fsp3) is 0.0952. The van der Waals surface area contributed by atoms with E-state index in [2.05, 4.69) is 49.4 Å². The molecule has 0 unspecified atom stereocenters. The van der Waals surface area contributed by atoms with E-state index in [-0.39, 0.29) is 0 Å². The predicted octanol–water partition coefficient (Wildman–Crippen LogP) is 4.45. The van der Waals surface area contributed by atoms with Crippen LogP contribution in [0.15, 0.2) is 71.8 Å². The molecule has 0 bridgehead atoms. The van der Waals surface area contributed by atoms with E-state index in [1.807, 2.05) is 18.2 Å². The zero-order valence-corrected chi connectivity index (χ0v) is 13.1. The number of fused-ring (bicyclic) bond motifs is 2. The zero-order valence-electron chi connectivity index (χ0n) is 13.1. The van der Waals surface area contributed by atoms with Crippen molar-refractivity contribution in [3.63, 3.8) is 0 Å². The Bertz CT molecular complexity index is 927. The number of nitrogen functional groups attached to an aromatic ring is 1. The highest BCUT2D eigenvalue weighted by molar-refractivity contribution is 6.07. The van der Waals surface area contributed by atoms with E-state index in [0.29, 0.717) is 5.71 Å². The van der Waals surface area contributed by atoms with Gasteiger partial charge in [0, 0.05) is 5.69 Å². The molecule has 2 aliphatic rings. The molecule has 0 saturated heterocycles. The van der Waals surface area contributed by atoms with Gasteiger partial charge >= 0.3 is 0 Å². The summed E-state index contributed by atoms with van der Waals surface area (Å²) in [4.78, 5) is 0. The molecule has 2 nitrogen and oxygen atoms in total. The molecule has 0 fully saturated rings. The van der Waals surface area contributed by atoms with E-state index in [0.717, 1.165) is 12.1 Å². The molecular formula is C21H18N2. The van der Waals surface area contributed by atoms with E-state index in [4.69, 9.17) is 11.1 Å². The van der Waals surface area contributed by atoms with Crippen LogP contribution in [-0.4, -0.2) is 5.71 Å². The van der Waals surface area contributed by atoms with Gasteiger partial charge in [0.05, 0.1) is 5.71 Å². The quantitative estimate of drug-likeness (QED) is 0.751. The molecule has 2 heteroatoms. The molecule has 2 aromatic carbocycles. The average Bonchev–Trinajstić information content (AvgIpc) is 2.53. The second kappa shape index (κ2) is 5.10. The lowest BCUT2D eigenvalue weighted by Gasteiger charge is -2.27. The first-order valence-corrected chi connectivity index (χ1v) is 7.80. The summed E-state index contributed by atoms with van der Waals surface area (Å²) in [5.41, 5.74) is 16.0. The van der Waals surface area contributed by atoms with Gasteiger partial charge in [0.1, 0.15) is 0 Å². The molecule has 0 saturated carbocycles. The highest BCUT2D eigenvalue weighted by Gasteiger charge is 2.25. The van der Waals surface area contributed by atoms with Gasteiger partial charge in [-0.2, -0.15) is 0 Å². The van der Waals surface area contributed by atoms with Gasteiger partial charge in [0.15, 0.2) is 0 Å². The Balaban J connectivity index is 2.06. The molecule has 3 N–H and O–H groups in total. The fourth-order valence-corrected chi connectivity index (χ4v) is 3.48. The molecule has 0 amide bonds. The van der Waals surface area contributed by atoms with E-state index < -0.39 is 0 Å². The Morgan fingerprint density at radius 3 is 2.65 bits per heavy atom. The minimum absolute atomic E-state index is 0.556. The molecule has 4 rings (SSSR count). The van der Waals surface area contributed by atoms with Gasteiger partial charge in [-0.1, -0.05) is 36.4 Å². The van der Waals surface area contributed by atoms with Gasteiger partial charge in [-0.05, 0) is 76.6 Å². The van der Waals surface area contributed by atoms with Crippen molar-refractivity contribution in [2.45, 2.75) is 13.3 Å². The van der Waals surface area contributed by atoms with Crippen LogP contribution in [-0.2, 0) is 6.42 Å². The van der Waals surface area contributed by atoms with E-state index in [1.165, 1.54) is 39.0 Å². The van der Waals surface area contributed by atoms with Crippen LogP contribution in [0.5, 0.6) is 0 Å². The number of rotatable bonds is 1. The van der Waals surface area contributed by atoms with Gasteiger partial charge in [-0.3, -0.25) is 0 Å². The minimum Gasteiger partial charge on any atom is -0.399 e. The zero-order chi connectivity index (χ0) is 16.0. The summed E-state index contributed by atoms with van der Waals surface area (Å²) in [5.74, 6) is 0. The van der Waals surface area contributed by atoms with Gasteiger partial charge in [-0.25, -0.2) is 0 Å². The van der Waals surface area contributed by atoms with Crippen molar-refractivity contribution in [3.05, 3.63) is 94.1 Å². The standard InChI is InChI=1S/C21H18N2/c1-13-4-2-3-5-18(13)21-19-8-6-16(22)11-14(19)10-15-12-17(23)7-9-20(15)21/h2-9,11-12,22H,10,23H2,1H3. The van der Waals surface area contributed by atoms with Crippen molar-refractivity contribution in [3.8, 4) is 0 Å². The molecule has 0 heterocycles. The first kappa shape index (κ1) is 13.8. The lowest BCUT2D eigenvalue weighted by atomic mass is 9.76. The average molecular weight is 298 g/mol. The second-order valence-electron chi connectivity index (χ2n) is 6.16. The predicted molar refractivity (Wildman–Crippen MR) is 96.7 cm³/mol. The van der Waals surface area contributed by atoms with Crippen LogP contribution in [0.4, 0.5) is 5.69 Å². The monoisotopic (exact) mass is 298 g/mol. The number of hydrogen-bond acceptors (Lipinski definition) is 2. The summed E-state index contributed by atoms with van der Waals surface area (Å²) < 4.78 is 0. The Hall–Kier alpha value is -2.87. The summed E-state index contributed by atoms with van der Waals surface area (Å²) in [6.07, 6.45) is 6.76. The van der Waals surface area contributed by atoms with Crippen molar-refractivity contribution in [2.24, 2.45) is 0 Å². The van der Waals surface area contributed by atoms with Gasteiger partial charge in [-0.15, -0.1) is 0 Å². The lowest BCUT2D eigenvalue weighted by molar-refractivity contribution is 1.13. The van der Waals surface area contributed by atoms with Crippen LogP contribution in [0.1, 0.15) is 22.3 Å². The number of benzene rings is 2. The Morgan fingerprint density at radius 1 is 1.00 bits per heavy atom. The third-order valence-electron chi connectivity index (χ3n) is 4.57. The molecule has 0 aliphatic heterocycles. The highest BCUT2D eigenvalue weighted by Crippen LogP contribution is 2.41. The second-order valence-corrected chi connectivity index (χ2v) is 6.16. The van der Waals surface area contributed by atoms with Crippen LogP contribution in [0.25, 0.3) is 5.57 Å². The Morgan fingerprint density at radius 2 is 1.83 bits per heavy atom. The third kappa shape index (κ3) is 2.23. The summed E-state index contributed by atoms with van der Waals surface area (Å²) in [5, 5.41) is 7.94. The van der Waals surface area contributed by atoms with E-state index in [9.17, 15) is 0 Å². The van der Waals surface area contributed by atoms with Crippen molar-refractivity contribution in [1.82, 2.24) is 0 Å². The summed E-state index contributed by atoms with van der Waals surface area (Å²) >= 11 is 0. The largest absolute Gasteiger partial charge is 0.399 e. The van der Waals surface area contributed by atoms with Gasteiger partial charge in [0.25, 0.3) is 0 Å². The fourth-order valence-electron chi connectivity index (χ4n) is 3.48. The number of anilines is 1. The minimum atomic E-state index is 0.556. The molecule has 0 spiro atoms. The van der Waals surface area contributed by atoms with Crippen LogP contribution >= 0.6 is 0 Å². The van der Waals surface area contributed by atoms with Crippen LogP contribution in [0, 0.1) is 12.3 Å². The first-order chi connectivity index (χ1) is 11.1. The Labute approximate surface area is 136 Å². The van der Waals surface area contributed by atoms with Gasteiger partial charge in [0.2, 0.25) is 0 Å². The molecular weight excluding hydrogens is 280 g/mol. The maximum absolute atomic E-state index is 7.94. The number of allylic oxidation sites excluding steroid dienone is 5. The van der Waals surface area contributed by atoms with Crippen LogP contribution < -0.4 is 5.73 Å². The normalized spacial score (nSPS) is 16.0. The molecule has 23 heavy (non-hydrogen) atoms. The number of aryl methyl sites for hydroxylation is 1. The lowest BCUT2D eigenvalue weighted by Crippen LogP contribution is -2.13. The summed E-state index contributed by atoms with van der Waals surface area (Å²) in [6.45, 7) is 2.15. The number of nitrogens with one attached hydrogen (secondary N) is 1. The van der Waals surface area contributed by atoms with Crippen molar-refractivity contribution >= 4 is 17.0 Å². The third-order valence-corrected chi connectivity index (χ3v) is 4.57. The smallest absolute Gasteiger partial charge is 0.0543 e. The first-order valence-electron chi connectivity index (χ1n) is 7.80.